The molecule has 5 heteroatoms. The van der Waals surface area contributed by atoms with Gasteiger partial charge in [0.05, 0.1) is 18.4 Å². The van der Waals surface area contributed by atoms with Crippen molar-refractivity contribution < 1.29 is 4.79 Å². The van der Waals surface area contributed by atoms with Crippen LogP contribution in [0.1, 0.15) is 34.4 Å². The maximum absolute atomic E-state index is 11.8. The van der Waals surface area contributed by atoms with E-state index in [-0.39, 0.29) is 5.91 Å². The van der Waals surface area contributed by atoms with Crippen LogP contribution >= 0.6 is 0 Å². The normalized spacial score (nSPS) is 10.3. The number of hydrogen-bond donors (Lipinski definition) is 3. The van der Waals surface area contributed by atoms with Crippen molar-refractivity contribution in [1.29, 1.82) is 0 Å². The van der Waals surface area contributed by atoms with Crippen molar-refractivity contribution in [2.75, 3.05) is 11.9 Å². The Labute approximate surface area is 118 Å². The van der Waals surface area contributed by atoms with Crippen LogP contribution in [0.3, 0.4) is 0 Å². The standard InChI is InChI=1S/C15H20N4O/c1-4-16-15(20)12-6-5-10(2)14(7-12)18-9-13-8-17-11(3)19-13/h5-8,18H,4,9H2,1-3H3,(H,16,20)(H,17,19). The molecule has 0 unspecified atom stereocenters. The fourth-order valence-electron chi connectivity index (χ4n) is 1.97. The Kier molecular flexibility index (Phi) is 4.40. The van der Waals surface area contributed by atoms with E-state index in [0.717, 1.165) is 22.8 Å². The topological polar surface area (TPSA) is 69.8 Å². The van der Waals surface area contributed by atoms with Crippen LogP contribution in [0.25, 0.3) is 0 Å². The summed E-state index contributed by atoms with van der Waals surface area (Å²) < 4.78 is 0. The lowest BCUT2D eigenvalue weighted by Crippen LogP contribution is -2.22. The third-order valence-electron chi connectivity index (χ3n) is 3.06. The predicted molar refractivity (Wildman–Crippen MR) is 79.8 cm³/mol. The van der Waals surface area contributed by atoms with Crippen molar-refractivity contribution >= 4 is 11.6 Å². The zero-order chi connectivity index (χ0) is 14.5. The molecule has 2 aromatic rings. The van der Waals surface area contributed by atoms with E-state index in [1.54, 1.807) is 0 Å². The van der Waals surface area contributed by atoms with Crippen LogP contribution in [0.2, 0.25) is 0 Å². The number of nitrogens with zero attached hydrogens (tertiary/aromatic N) is 1. The lowest BCUT2D eigenvalue weighted by atomic mass is 10.1. The third-order valence-corrected chi connectivity index (χ3v) is 3.06. The molecule has 0 saturated heterocycles. The number of carbonyl (C=O) groups excluding carboxylic acids is 1. The van der Waals surface area contributed by atoms with Crippen LogP contribution in [0.5, 0.6) is 0 Å². The lowest BCUT2D eigenvalue weighted by molar-refractivity contribution is 0.0956. The van der Waals surface area contributed by atoms with E-state index >= 15 is 0 Å². The summed E-state index contributed by atoms with van der Waals surface area (Å²) >= 11 is 0. The molecule has 0 aliphatic rings. The van der Waals surface area contributed by atoms with E-state index in [0.29, 0.717) is 18.7 Å². The summed E-state index contributed by atoms with van der Waals surface area (Å²) in [6, 6.07) is 5.67. The Bertz CT molecular complexity index is 604. The highest BCUT2D eigenvalue weighted by molar-refractivity contribution is 5.95. The molecule has 0 spiro atoms. The molecule has 0 bridgehead atoms. The van der Waals surface area contributed by atoms with Crippen LogP contribution in [-0.4, -0.2) is 22.4 Å². The molecule has 1 aromatic heterocycles. The smallest absolute Gasteiger partial charge is 0.251 e. The van der Waals surface area contributed by atoms with E-state index in [9.17, 15) is 4.79 Å². The van der Waals surface area contributed by atoms with Gasteiger partial charge < -0.3 is 15.6 Å². The zero-order valence-corrected chi connectivity index (χ0v) is 12.1. The molecule has 1 heterocycles. The van der Waals surface area contributed by atoms with Crippen molar-refractivity contribution in [1.82, 2.24) is 15.3 Å². The second-order valence-electron chi connectivity index (χ2n) is 4.74. The van der Waals surface area contributed by atoms with Gasteiger partial charge in [0.1, 0.15) is 5.82 Å². The minimum Gasteiger partial charge on any atom is -0.379 e. The second-order valence-corrected chi connectivity index (χ2v) is 4.74. The quantitative estimate of drug-likeness (QED) is 0.782. The van der Waals surface area contributed by atoms with E-state index < -0.39 is 0 Å². The first-order chi connectivity index (χ1) is 9.60. The maximum Gasteiger partial charge on any atom is 0.251 e. The number of aryl methyl sites for hydroxylation is 2. The number of H-pyrrole nitrogens is 1. The van der Waals surface area contributed by atoms with E-state index in [1.165, 1.54) is 0 Å². The molecule has 106 valence electrons. The van der Waals surface area contributed by atoms with Crippen LogP contribution in [0.15, 0.2) is 24.4 Å². The van der Waals surface area contributed by atoms with Crippen LogP contribution < -0.4 is 10.6 Å². The summed E-state index contributed by atoms with van der Waals surface area (Å²) in [4.78, 5) is 19.2. The number of anilines is 1. The molecule has 0 radical (unpaired) electrons. The molecular formula is C15H20N4O. The molecular weight excluding hydrogens is 252 g/mol. The highest BCUT2D eigenvalue weighted by Gasteiger charge is 2.07. The van der Waals surface area contributed by atoms with Crippen molar-refractivity contribution in [2.24, 2.45) is 0 Å². The monoisotopic (exact) mass is 272 g/mol. The number of aromatic amines is 1. The molecule has 0 fully saturated rings. The highest BCUT2D eigenvalue weighted by atomic mass is 16.1. The Balaban J connectivity index is 2.10. The Morgan fingerprint density at radius 2 is 2.15 bits per heavy atom. The third kappa shape index (κ3) is 3.38. The number of hydrogen-bond acceptors (Lipinski definition) is 3. The van der Waals surface area contributed by atoms with Crippen LogP contribution in [0, 0.1) is 13.8 Å². The minimum absolute atomic E-state index is 0.0482. The van der Waals surface area contributed by atoms with Gasteiger partial charge in [0.2, 0.25) is 0 Å². The number of nitrogens with one attached hydrogen (secondary N) is 3. The number of rotatable bonds is 5. The predicted octanol–water partition coefficient (Wildman–Crippen LogP) is 2.39. The maximum atomic E-state index is 11.8. The van der Waals surface area contributed by atoms with Gasteiger partial charge in [-0.2, -0.15) is 0 Å². The molecule has 0 aliphatic carbocycles. The molecule has 1 amide bonds. The number of imidazole rings is 1. The average molecular weight is 272 g/mol. The van der Waals surface area contributed by atoms with Gasteiger partial charge in [-0.25, -0.2) is 4.98 Å². The molecule has 3 N–H and O–H groups in total. The van der Waals surface area contributed by atoms with Crippen LogP contribution in [-0.2, 0) is 6.54 Å². The zero-order valence-electron chi connectivity index (χ0n) is 12.1. The summed E-state index contributed by atoms with van der Waals surface area (Å²) in [5.74, 6) is 0.850. The number of aromatic nitrogens is 2. The Hall–Kier alpha value is -2.30. The van der Waals surface area contributed by atoms with Gasteiger partial charge in [0.25, 0.3) is 5.91 Å². The molecule has 20 heavy (non-hydrogen) atoms. The van der Waals surface area contributed by atoms with Gasteiger partial charge in [-0.15, -0.1) is 0 Å². The Morgan fingerprint density at radius 1 is 1.35 bits per heavy atom. The van der Waals surface area contributed by atoms with Crippen LogP contribution in [0.4, 0.5) is 5.69 Å². The fourth-order valence-corrected chi connectivity index (χ4v) is 1.97. The van der Waals surface area contributed by atoms with Crippen molar-refractivity contribution in [3.8, 4) is 0 Å². The molecule has 1 aromatic carbocycles. The summed E-state index contributed by atoms with van der Waals surface area (Å²) in [5.41, 5.74) is 3.75. The van der Waals surface area contributed by atoms with Gasteiger partial charge in [0.15, 0.2) is 0 Å². The first kappa shape index (κ1) is 14.1. The fraction of sp³-hybridized carbons (Fsp3) is 0.333. The van der Waals surface area contributed by atoms with Crippen molar-refractivity contribution in [3.05, 3.63) is 47.0 Å². The molecule has 0 atom stereocenters. The number of carbonyl (C=O) groups is 1. The van der Waals surface area contributed by atoms with Crippen molar-refractivity contribution in [2.45, 2.75) is 27.3 Å². The first-order valence-corrected chi connectivity index (χ1v) is 6.73. The van der Waals surface area contributed by atoms with Gasteiger partial charge in [0, 0.05) is 17.8 Å². The molecule has 0 saturated carbocycles. The summed E-state index contributed by atoms with van der Waals surface area (Å²) in [6.07, 6.45) is 1.81. The van der Waals surface area contributed by atoms with E-state index in [1.807, 2.05) is 45.2 Å². The van der Waals surface area contributed by atoms with Crippen molar-refractivity contribution in [3.63, 3.8) is 0 Å². The average Bonchev–Trinajstić information content (AvgIpc) is 2.84. The number of amides is 1. The SMILES string of the molecule is CCNC(=O)c1ccc(C)c(NCc2cnc(C)[nH]2)c1. The first-order valence-electron chi connectivity index (χ1n) is 6.73. The van der Waals surface area contributed by atoms with Gasteiger partial charge in [-0.1, -0.05) is 6.07 Å². The molecule has 5 nitrogen and oxygen atoms in total. The van der Waals surface area contributed by atoms with Gasteiger partial charge in [-0.3, -0.25) is 4.79 Å². The molecule has 0 aliphatic heterocycles. The van der Waals surface area contributed by atoms with Gasteiger partial charge in [-0.05, 0) is 38.5 Å². The lowest BCUT2D eigenvalue weighted by Gasteiger charge is -2.11. The summed E-state index contributed by atoms with van der Waals surface area (Å²) in [7, 11) is 0. The largest absolute Gasteiger partial charge is 0.379 e. The summed E-state index contributed by atoms with van der Waals surface area (Å²) in [6.45, 7) is 7.13. The highest BCUT2D eigenvalue weighted by Crippen LogP contribution is 2.17. The van der Waals surface area contributed by atoms with E-state index in [4.69, 9.17) is 0 Å². The van der Waals surface area contributed by atoms with E-state index in [2.05, 4.69) is 20.6 Å². The Morgan fingerprint density at radius 3 is 2.80 bits per heavy atom. The van der Waals surface area contributed by atoms with Gasteiger partial charge >= 0.3 is 0 Å². The number of benzene rings is 1. The minimum atomic E-state index is -0.0482. The second kappa shape index (κ2) is 6.23. The molecule has 2 rings (SSSR count). The summed E-state index contributed by atoms with van der Waals surface area (Å²) in [5, 5.41) is 6.13.